The molecule has 0 unspecified atom stereocenters. The summed E-state index contributed by atoms with van der Waals surface area (Å²) in [5.74, 6) is -0.222. The molecule has 5 nitrogen and oxygen atoms in total. The van der Waals surface area contributed by atoms with Crippen molar-refractivity contribution in [1.82, 2.24) is 10.0 Å². The Morgan fingerprint density at radius 1 is 1.00 bits per heavy atom. The zero-order valence-corrected chi connectivity index (χ0v) is 15.6. The lowest BCUT2D eigenvalue weighted by Gasteiger charge is -2.18. The van der Waals surface area contributed by atoms with Gasteiger partial charge < -0.3 is 5.32 Å². The van der Waals surface area contributed by atoms with Crippen molar-refractivity contribution in [3.05, 3.63) is 65.2 Å². The van der Waals surface area contributed by atoms with Crippen molar-refractivity contribution in [2.24, 2.45) is 0 Å². The summed E-state index contributed by atoms with van der Waals surface area (Å²) in [5.41, 5.74) is 2.65. The lowest BCUT2D eigenvalue weighted by molar-refractivity contribution is 0.0935. The van der Waals surface area contributed by atoms with E-state index < -0.39 is 10.0 Å². The van der Waals surface area contributed by atoms with Crippen LogP contribution in [-0.4, -0.2) is 20.9 Å². The van der Waals surface area contributed by atoms with Crippen LogP contribution in [0.25, 0.3) is 0 Å². The van der Waals surface area contributed by atoms with Gasteiger partial charge in [0.15, 0.2) is 0 Å². The third-order valence-corrected chi connectivity index (χ3v) is 5.52. The van der Waals surface area contributed by atoms with Crippen molar-refractivity contribution in [2.75, 3.05) is 6.54 Å². The fraction of sp³-hybridized carbons (Fsp3) is 0.316. The molecule has 0 aliphatic carbocycles. The Kier molecular flexibility index (Phi) is 6.33. The van der Waals surface area contributed by atoms with E-state index >= 15 is 0 Å². The van der Waals surface area contributed by atoms with Gasteiger partial charge in [0, 0.05) is 12.1 Å². The molecule has 2 aromatic carbocycles. The maximum Gasteiger partial charge on any atom is 0.251 e. The number of sulfonamides is 1. The Morgan fingerprint density at radius 3 is 2.12 bits per heavy atom. The predicted molar refractivity (Wildman–Crippen MR) is 99.0 cm³/mol. The zero-order chi connectivity index (χ0) is 18.4. The first-order valence-electron chi connectivity index (χ1n) is 8.34. The summed E-state index contributed by atoms with van der Waals surface area (Å²) in [7, 11) is -3.51. The summed E-state index contributed by atoms with van der Waals surface area (Å²) in [5, 5.41) is 3.00. The molecular weight excluding hydrogens is 336 g/mol. The highest BCUT2D eigenvalue weighted by atomic mass is 32.2. The zero-order valence-electron chi connectivity index (χ0n) is 14.7. The Hall–Kier alpha value is -2.18. The highest BCUT2D eigenvalue weighted by Gasteiger charge is 2.16. The molecule has 0 saturated carbocycles. The standard InChI is InChI=1S/C19H24N2O3S/c1-4-18(15-8-6-14(3)7-9-15)21-19(22)16-10-12-17(13-11-16)25(23,24)20-5-2/h6-13,18,20H,4-5H2,1-3H3,(H,21,22)/t18-/m1/s1. The number of nitrogens with one attached hydrogen (secondary N) is 2. The van der Waals surface area contributed by atoms with Crippen molar-refractivity contribution >= 4 is 15.9 Å². The quantitative estimate of drug-likeness (QED) is 0.796. The molecule has 2 N–H and O–H groups in total. The topological polar surface area (TPSA) is 75.3 Å². The third kappa shape index (κ3) is 4.90. The second-order valence-electron chi connectivity index (χ2n) is 5.87. The van der Waals surface area contributed by atoms with Gasteiger partial charge in [-0.1, -0.05) is 43.7 Å². The first kappa shape index (κ1) is 19.1. The number of amides is 1. The van der Waals surface area contributed by atoms with E-state index in [-0.39, 0.29) is 16.8 Å². The largest absolute Gasteiger partial charge is 0.345 e. The number of carbonyl (C=O) groups excluding carboxylic acids is 1. The summed E-state index contributed by atoms with van der Waals surface area (Å²) >= 11 is 0. The molecule has 2 aromatic rings. The van der Waals surface area contributed by atoms with Crippen molar-refractivity contribution in [3.8, 4) is 0 Å². The molecule has 25 heavy (non-hydrogen) atoms. The Bertz CT molecular complexity index is 813. The number of hydrogen-bond acceptors (Lipinski definition) is 3. The monoisotopic (exact) mass is 360 g/mol. The fourth-order valence-corrected chi connectivity index (χ4v) is 3.56. The van der Waals surface area contributed by atoms with Crippen LogP contribution in [0, 0.1) is 6.92 Å². The maximum absolute atomic E-state index is 12.5. The van der Waals surface area contributed by atoms with Gasteiger partial charge in [0.2, 0.25) is 10.0 Å². The van der Waals surface area contributed by atoms with Gasteiger partial charge in [-0.15, -0.1) is 0 Å². The highest BCUT2D eigenvalue weighted by molar-refractivity contribution is 7.89. The molecule has 0 aliphatic heterocycles. The lowest BCUT2D eigenvalue weighted by Crippen LogP contribution is -2.28. The maximum atomic E-state index is 12.5. The van der Waals surface area contributed by atoms with Gasteiger partial charge in [-0.05, 0) is 43.2 Å². The van der Waals surface area contributed by atoms with E-state index in [9.17, 15) is 13.2 Å². The summed E-state index contributed by atoms with van der Waals surface area (Å²) in [4.78, 5) is 12.6. The van der Waals surface area contributed by atoms with Crippen molar-refractivity contribution in [3.63, 3.8) is 0 Å². The van der Waals surface area contributed by atoms with E-state index in [2.05, 4.69) is 10.0 Å². The van der Waals surface area contributed by atoms with Crippen LogP contribution >= 0.6 is 0 Å². The molecule has 1 atom stereocenters. The van der Waals surface area contributed by atoms with Crippen molar-refractivity contribution in [1.29, 1.82) is 0 Å². The van der Waals surface area contributed by atoms with Gasteiger partial charge in [0.25, 0.3) is 5.91 Å². The number of hydrogen-bond donors (Lipinski definition) is 2. The second-order valence-corrected chi connectivity index (χ2v) is 7.64. The van der Waals surface area contributed by atoms with E-state index in [0.717, 1.165) is 12.0 Å². The number of carbonyl (C=O) groups is 1. The van der Waals surface area contributed by atoms with E-state index in [1.165, 1.54) is 29.8 Å². The van der Waals surface area contributed by atoms with Crippen LogP contribution in [0.5, 0.6) is 0 Å². The second kappa shape index (κ2) is 8.27. The number of aryl methyl sites for hydroxylation is 1. The molecule has 0 spiro atoms. The van der Waals surface area contributed by atoms with Crippen molar-refractivity contribution in [2.45, 2.75) is 38.1 Å². The highest BCUT2D eigenvalue weighted by Crippen LogP contribution is 2.18. The summed E-state index contributed by atoms with van der Waals surface area (Å²) < 4.78 is 26.3. The van der Waals surface area contributed by atoms with Gasteiger partial charge in [0.05, 0.1) is 10.9 Å². The minimum atomic E-state index is -3.51. The normalized spacial score (nSPS) is 12.6. The molecule has 0 heterocycles. The van der Waals surface area contributed by atoms with E-state index in [1.807, 2.05) is 38.1 Å². The average molecular weight is 360 g/mol. The van der Waals surface area contributed by atoms with Crippen LogP contribution in [0.2, 0.25) is 0 Å². The van der Waals surface area contributed by atoms with E-state index in [0.29, 0.717) is 12.1 Å². The average Bonchev–Trinajstić information content (AvgIpc) is 2.60. The smallest absolute Gasteiger partial charge is 0.251 e. The number of benzene rings is 2. The van der Waals surface area contributed by atoms with Gasteiger partial charge in [-0.25, -0.2) is 13.1 Å². The summed E-state index contributed by atoms with van der Waals surface area (Å²) in [6.07, 6.45) is 0.766. The minimum Gasteiger partial charge on any atom is -0.345 e. The molecule has 6 heteroatoms. The van der Waals surface area contributed by atoms with Gasteiger partial charge in [0.1, 0.15) is 0 Å². The van der Waals surface area contributed by atoms with Crippen LogP contribution in [0.15, 0.2) is 53.4 Å². The van der Waals surface area contributed by atoms with E-state index in [1.54, 1.807) is 6.92 Å². The molecule has 0 bridgehead atoms. The van der Waals surface area contributed by atoms with Crippen LogP contribution in [0.3, 0.4) is 0 Å². The van der Waals surface area contributed by atoms with E-state index in [4.69, 9.17) is 0 Å². The SMILES string of the molecule is CCNS(=O)(=O)c1ccc(C(=O)N[C@H](CC)c2ccc(C)cc2)cc1. The summed E-state index contributed by atoms with van der Waals surface area (Å²) in [6, 6.07) is 13.9. The molecule has 2 rings (SSSR count). The first-order valence-corrected chi connectivity index (χ1v) is 9.82. The van der Waals surface area contributed by atoms with Gasteiger partial charge in [-0.3, -0.25) is 4.79 Å². The van der Waals surface area contributed by atoms with Gasteiger partial charge >= 0.3 is 0 Å². The molecule has 0 fully saturated rings. The Balaban J connectivity index is 2.13. The van der Waals surface area contributed by atoms with Crippen LogP contribution in [0.4, 0.5) is 0 Å². The van der Waals surface area contributed by atoms with Crippen LogP contribution in [0.1, 0.15) is 47.8 Å². The Labute approximate surface area is 149 Å². The predicted octanol–water partition coefficient (Wildman–Crippen LogP) is 3.17. The molecule has 0 radical (unpaired) electrons. The van der Waals surface area contributed by atoms with Gasteiger partial charge in [-0.2, -0.15) is 0 Å². The van der Waals surface area contributed by atoms with Crippen LogP contribution in [-0.2, 0) is 10.0 Å². The number of rotatable bonds is 7. The molecule has 134 valence electrons. The molecule has 0 aliphatic rings. The molecule has 0 saturated heterocycles. The molecule has 0 aromatic heterocycles. The minimum absolute atomic E-state index is 0.0849. The fourth-order valence-electron chi connectivity index (χ4n) is 2.52. The molecular formula is C19H24N2O3S. The molecule has 1 amide bonds. The van der Waals surface area contributed by atoms with Crippen LogP contribution < -0.4 is 10.0 Å². The third-order valence-electron chi connectivity index (χ3n) is 3.95. The first-order chi connectivity index (χ1) is 11.9. The van der Waals surface area contributed by atoms with Crippen molar-refractivity contribution < 1.29 is 13.2 Å². The lowest BCUT2D eigenvalue weighted by atomic mass is 10.0. The Morgan fingerprint density at radius 2 is 1.60 bits per heavy atom. The summed E-state index contributed by atoms with van der Waals surface area (Å²) in [6.45, 7) is 6.07.